The van der Waals surface area contributed by atoms with E-state index in [1.807, 2.05) is 0 Å². The monoisotopic (exact) mass is 363 g/mol. The van der Waals surface area contributed by atoms with Gasteiger partial charge in [-0.05, 0) is 29.8 Å². The molecule has 0 aliphatic carbocycles. The van der Waals surface area contributed by atoms with Crippen LogP contribution >= 0.6 is 27.7 Å². The van der Waals surface area contributed by atoms with E-state index in [0.717, 1.165) is 27.2 Å². The lowest BCUT2D eigenvalue weighted by atomic mass is 10.2. The fourth-order valence-electron chi connectivity index (χ4n) is 1.45. The van der Waals surface area contributed by atoms with Crippen molar-refractivity contribution < 1.29 is 18.3 Å². The van der Waals surface area contributed by atoms with Crippen molar-refractivity contribution in [2.75, 3.05) is 0 Å². The van der Waals surface area contributed by atoms with Crippen LogP contribution in [-0.2, 0) is 12.8 Å². The second kappa shape index (κ2) is 6.15. The van der Waals surface area contributed by atoms with E-state index < -0.39 is 11.7 Å². The SMILES string of the molecule is OCc1ccc(Sc2ccc(C(F)(F)F)cn2)cc1Br. The number of hydrogen-bond donors (Lipinski definition) is 1. The Balaban J connectivity index is 2.16. The number of benzene rings is 1. The standard InChI is InChI=1S/C13H9BrF3NOS/c14-11-5-10(3-1-8(11)7-19)20-12-4-2-9(6-18-12)13(15,16)17/h1-6,19H,7H2. The van der Waals surface area contributed by atoms with Gasteiger partial charge in [-0.2, -0.15) is 13.2 Å². The molecule has 2 nitrogen and oxygen atoms in total. The van der Waals surface area contributed by atoms with Crippen LogP contribution in [0.25, 0.3) is 0 Å². The van der Waals surface area contributed by atoms with Gasteiger partial charge in [0.05, 0.1) is 12.2 Å². The van der Waals surface area contributed by atoms with E-state index >= 15 is 0 Å². The van der Waals surface area contributed by atoms with Crippen molar-refractivity contribution in [3.63, 3.8) is 0 Å². The van der Waals surface area contributed by atoms with E-state index in [2.05, 4.69) is 20.9 Å². The molecule has 0 bridgehead atoms. The van der Waals surface area contributed by atoms with Crippen LogP contribution in [-0.4, -0.2) is 10.1 Å². The van der Waals surface area contributed by atoms with Gasteiger partial charge >= 0.3 is 6.18 Å². The summed E-state index contributed by atoms with van der Waals surface area (Å²) in [6, 6.07) is 7.65. The normalized spacial score (nSPS) is 11.7. The molecule has 20 heavy (non-hydrogen) atoms. The third kappa shape index (κ3) is 3.74. The number of alkyl halides is 3. The lowest BCUT2D eigenvalue weighted by molar-refractivity contribution is -0.137. The Kier molecular flexibility index (Phi) is 4.72. The van der Waals surface area contributed by atoms with Crippen LogP contribution in [0.1, 0.15) is 11.1 Å². The maximum absolute atomic E-state index is 12.4. The lowest BCUT2D eigenvalue weighted by Gasteiger charge is -2.07. The van der Waals surface area contributed by atoms with Gasteiger partial charge in [-0.3, -0.25) is 0 Å². The number of pyridine rings is 1. The summed E-state index contributed by atoms with van der Waals surface area (Å²) in [6.07, 6.45) is -3.55. The van der Waals surface area contributed by atoms with Gasteiger partial charge in [-0.15, -0.1) is 0 Å². The predicted molar refractivity (Wildman–Crippen MR) is 73.4 cm³/mol. The van der Waals surface area contributed by atoms with Crippen molar-refractivity contribution >= 4 is 27.7 Å². The maximum Gasteiger partial charge on any atom is 0.417 e. The van der Waals surface area contributed by atoms with E-state index in [1.165, 1.54) is 17.8 Å². The van der Waals surface area contributed by atoms with Crippen LogP contribution < -0.4 is 0 Å². The van der Waals surface area contributed by atoms with Crippen molar-refractivity contribution in [3.8, 4) is 0 Å². The highest BCUT2D eigenvalue weighted by Crippen LogP contribution is 2.32. The molecule has 1 N–H and O–H groups in total. The second-order valence-corrected chi connectivity index (χ2v) is 5.84. The third-order valence-electron chi connectivity index (χ3n) is 2.48. The van der Waals surface area contributed by atoms with Crippen LogP contribution in [0.15, 0.2) is 50.9 Å². The number of aliphatic hydroxyl groups is 1. The van der Waals surface area contributed by atoms with Crippen LogP contribution in [0.2, 0.25) is 0 Å². The van der Waals surface area contributed by atoms with Crippen molar-refractivity contribution in [1.82, 2.24) is 4.98 Å². The minimum atomic E-state index is -4.37. The van der Waals surface area contributed by atoms with Gasteiger partial charge in [0.2, 0.25) is 0 Å². The number of halogens is 4. The maximum atomic E-state index is 12.4. The number of hydrogen-bond acceptors (Lipinski definition) is 3. The zero-order valence-electron chi connectivity index (χ0n) is 9.99. The van der Waals surface area contributed by atoms with Crippen LogP contribution in [0.4, 0.5) is 13.2 Å². The average molecular weight is 364 g/mol. The summed E-state index contributed by atoms with van der Waals surface area (Å²) in [5, 5.41) is 9.52. The molecule has 2 rings (SSSR count). The molecule has 1 aromatic carbocycles. The van der Waals surface area contributed by atoms with Crippen molar-refractivity contribution in [2.45, 2.75) is 22.7 Å². The zero-order chi connectivity index (χ0) is 14.8. The minimum Gasteiger partial charge on any atom is -0.392 e. The molecule has 1 heterocycles. The fourth-order valence-corrected chi connectivity index (χ4v) is 2.90. The number of nitrogens with zero attached hydrogens (tertiary/aromatic N) is 1. The third-order valence-corrected chi connectivity index (χ3v) is 4.16. The summed E-state index contributed by atoms with van der Waals surface area (Å²) < 4.78 is 38.0. The first kappa shape index (κ1) is 15.3. The fraction of sp³-hybridized carbons (Fsp3) is 0.154. The van der Waals surface area contributed by atoms with Crippen molar-refractivity contribution in [3.05, 3.63) is 52.1 Å². The second-order valence-electron chi connectivity index (χ2n) is 3.90. The summed E-state index contributed by atoms with van der Waals surface area (Å²) in [4.78, 5) is 4.61. The van der Waals surface area contributed by atoms with Gasteiger partial charge in [0.1, 0.15) is 5.03 Å². The Hall–Kier alpha value is -1.05. The van der Waals surface area contributed by atoms with Crippen molar-refractivity contribution in [1.29, 1.82) is 0 Å². The highest BCUT2D eigenvalue weighted by atomic mass is 79.9. The molecule has 0 spiro atoms. The Labute approximate surface area is 126 Å². The topological polar surface area (TPSA) is 33.1 Å². The molecule has 0 fully saturated rings. The summed E-state index contributed by atoms with van der Waals surface area (Å²) in [7, 11) is 0. The molecular formula is C13H9BrF3NOS. The Bertz CT molecular complexity index is 602. The van der Waals surface area contributed by atoms with E-state index in [9.17, 15) is 13.2 Å². The Morgan fingerprint density at radius 3 is 2.45 bits per heavy atom. The smallest absolute Gasteiger partial charge is 0.392 e. The number of rotatable bonds is 3. The van der Waals surface area contributed by atoms with E-state index in [-0.39, 0.29) is 6.61 Å². The molecule has 106 valence electrons. The summed E-state index contributed by atoms with van der Waals surface area (Å²) in [6.45, 7) is -0.0793. The molecule has 0 aliphatic rings. The molecule has 0 atom stereocenters. The molecule has 0 unspecified atom stereocenters. The average Bonchev–Trinajstić information content (AvgIpc) is 2.38. The predicted octanol–water partition coefficient (Wildman–Crippen LogP) is 4.51. The molecule has 0 amide bonds. The van der Waals surface area contributed by atoms with Crippen LogP contribution in [0.3, 0.4) is 0 Å². The van der Waals surface area contributed by atoms with Gasteiger partial charge in [0.15, 0.2) is 0 Å². The van der Waals surface area contributed by atoms with Gasteiger partial charge < -0.3 is 5.11 Å². The van der Waals surface area contributed by atoms with Crippen LogP contribution in [0, 0.1) is 0 Å². The molecule has 0 aliphatic heterocycles. The van der Waals surface area contributed by atoms with Gasteiger partial charge in [-0.25, -0.2) is 4.98 Å². The molecular weight excluding hydrogens is 355 g/mol. The molecule has 2 aromatic rings. The first-order valence-electron chi connectivity index (χ1n) is 5.50. The molecule has 7 heteroatoms. The summed E-state index contributed by atoms with van der Waals surface area (Å²) >= 11 is 4.57. The van der Waals surface area contributed by atoms with Gasteiger partial charge in [0.25, 0.3) is 0 Å². The van der Waals surface area contributed by atoms with E-state index in [1.54, 1.807) is 18.2 Å². The van der Waals surface area contributed by atoms with Crippen molar-refractivity contribution in [2.24, 2.45) is 0 Å². The Morgan fingerprint density at radius 1 is 1.20 bits per heavy atom. The number of aliphatic hydroxyl groups excluding tert-OH is 1. The van der Waals surface area contributed by atoms with Gasteiger partial charge in [0, 0.05) is 15.6 Å². The summed E-state index contributed by atoms with van der Waals surface area (Å²) in [5.74, 6) is 0. The minimum absolute atomic E-state index is 0.0793. The largest absolute Gasteiger partial charge is 0.417 e. The number of aromatic nitrogens is 1. The lowest BCUT2D eigenvalue weighted by Crippen LogP contribution is -2.04. The molecule has 1 aromatic heterocycles. The highest BCUT2D eigenvalue weighted by Gasteiger charge is 2.30. The molecule has 0 saturated carbocycles. The Morgan fingerprint density at radius 2 is 1.95 bits per heavy atom. The van der Waals surface area contributed by atoms with E-state index in [4.69, 9.17) is 5.11 Å². The van der Waals surface area contributed by atoms with Gasteiger partial charge in [-0.1, -0.05) is 33.8 Å². The quantitative estimate of drug-likeness (QED) is 0.870. The first-order valence-corrected chi connectivity index (χ1v) is 7.11. The van der Waals surface area contributed by atoms with Crippen LogP contribution in [0.5, 0.6) is 0 Å². The first-order chi connectivity index (χ1) is 9.40. The zero-order valence-corrected chi connectivity index (χ0v) is 12.4. The molecule has 0 radical (unpaired) electrons. The highest BCUT2D eigenvalue weighted by molar-refractivity contribution is 9.10. The molecule has 0 saturated heterocycles. The van der Waals surface area contributed by atoms with E-state index in [0.29, 0.717) is 5.03 Å². The summed E-state index contributed by atoms with van der Waals surface area (Å²) in [5.41, 5.74) is -0.0200.